The number of amides is 4. The fraction of sp³-hybridized carbons (Fsp3) is 0.537. The second-order valence-corrected chi connectivity index (χ2v) is 17.1. The monoisotopic (exact) mass is 811 g/mol. The van der Waals surface area contributed by atoms with Crippen molar-refractivity contribution in [3.05, 3.63) is 71.9 Å². The lowest BCUT2D eigenvalue weighted by atomic mass is 9.90. The first kappa shape index (κ1) is 45.5. The van der Waals surface area contributed by atoms with Crippen LogP contribution in [0.1, 0.15) is 73.6 Å². The molecule has 7 N–H and O–H groups in total. The molecule has 3 aromatic rings. The Hall–Kier alpha value is -5.23. The Labute approximate surface area is 337 Å². The van der Waals surface area contributed by atoms with Crippen molar-refractivity contribution in [1.82, 2.24) is 25.8 Å². The second kappa shape index (κ2) is 18.6. The van der Waals surface area contributed by atoms with Crippen molar-refractivity contribution in [3.8, 4) is 0 Å². The Bertz CT molecular complexity index is 1910. The number of aromatic nitrogens is 1. The highest BCUT2D eigenvalue weighted by Crippen LogP contribution is 2.26. The van der Waals surface area contributed by atoms with Crippen LogP contribution in [0.4, 0.5) is 14.4 Å². The quantitative estimate of drug-likeness (QED) is 0.139. The van der Waals surface area contributed by atoms with Gasteiger partial charge in [0.15, 0.2) is 0 Å². The van der Waals surface area contributed by atoms with E-state index in [9.17, 15) is 39.3 Å². The van der Waals surface area contributed by atoms with Gasteiger partial charge in [-0.1, -0.05) is 48.5 Å². The van der Waals surface area contributed by atoms with Crippen LogP contribution < -0.4 is 21.3 Å². The van der Waals surface area contributed by atoms with Crippen LogP contribution in [-0.4, -0.2) is 116 Å². The van der Waals surface area contributed by atoms with Crippen molar-refractivity contribution in [2.45, 2.75) is 135 Å². The summed E-state index contributed by atoms with van der Waals surface area (Å²) in [5.41, 5.74) is -1.23. The molecule has 1 aromatic heterocycles. The summed E-state index contributed by atoms with van der Waals surface area (Å²) in [4.78, 5) is 67.9. The molecule has 0 spiro atoms. The molecule has 17 nitrogen and oxygen atoms in total. The van der Waals surface area contributed by atoms with Crippen molar-refractivity contribution in [3.63, 3.8) is 0 Å². The number of benzene rings is 2. The maximum atomic E-state index is 14.5. The number of carbonyl (C=O) groups excluding carboxylic acids is 5. The number of hydrogen-bond donors (Lipinski definition) is 7. The topological polar surface area (TPSA) is 236 Å². The summed E-state index contributed by atoms with van der Waals surface area (Å²) in [7, 11) is 0. The van der Waals surface area contributed by atoms with Gasteiger partial charge < -0.3 is 55.5 Å². The second-order valence-electron chi connectivity index (χ2n) is 17.1. The minimum Gasteiger partial charge on any atom is -0.444 e. The summed E-state index contributed by atoms with van der Waals surface area (Å²) in [6, 6.07) is 14.4. The molecule has 17 heteroatoms. The SMILES string of the molecule is CC(C)(C)OC(=O)NCC1O[C@@H]([C@@H](NC(=O)OC(C)(C)C)C(=O)N[C@@H](Cc2cc3ccccc3n2C(=O)OC(C)(C)C)C(=O)NCc2ccccc2)[C@@H](O)[C@@H](O)[C@H]1O. The molecule has 0 aliphatic carbocycles. The van der Waals surface area contributed by atoms with Gasteiger partial charge in [0.1, 0.15) is 59.4 Å². The molecule has 0 saturated carbocycles. The molecule has 4 amide bonds. The molecule has 1 unspecified atom stereocenters. The van der Waals surface area contributed by atoms with Crippen molar-refractivity contribution in [2.24, 2.45) is 0 Å². The number of aliphatic hydroxyl groups excluding tert-OH is 3. The third-order valence-corrected chi connectivity index (χ3v) is 8.60. The van der Waals surface area contributed by atoms with E-state index < -0.39 is 96.0 Å². The summed E-state index contributed by atoms with van der Waals surface area (Å²) in [6.45, 7) is 14.5. The molecule has 4 rings (SSSR count). The zero-order valence-corrected chi connectivity index (χ0v) is 34.4. The predicted molar refractivity (Wildman–Crippen MR) is 212 cm³/mol. The largest absolute Gasteiger partial charge is 0.444 e. The first-order valence-corrected chi connectivity index (χ1v) is 19.0. The summed E-state index contributed by atoms with van der Waals surface area (Å²) in [5, 5.41) is 44.0. The summed E-state index contributed by atoms with van der Waals surface area (Å²) in [5.74, 6) is -1.73. The number of para-hydroxylation sites is 1. The minimum absolute atomic E-state index is 0.0710. The van der Waals surface area contributed by atoms with Gasteiger partial charge in [0, 0.05) is 30.6 Å². The number of aliphatic hydroxyl groups is 3. The number of ether oxygens (including phenoxy) is 4. The smallest absolute Gasteiger partial charge is 0.419 e. The average molecular weight is 812 g/mol. The van der Waals surface area contributed by atoms with E-state index in [2.05, 4.69) is 21.3 Å². The molecular weight excluding hydrogens is 754 g/mol. The zero-order chi connectivity index (χ0) is 43.2. The molecule has 0 radical (unpaired) electrons. The highest BCUT2D eigenvalue weighted by molar-refractivity contribution is 5.94. The minimum atomic E-state index is -1.97. The number of fused-ring (bicyclic) bond motifs is 1. The van der Waals surface area contributed by atoms with E-state index >= 15 is 0 Å². The van der Waals surface area contributed by atoms with E-state index in [1.807, 2.05) is 6.07 Å². The van der Waals surface area contributed by atoms with Crippen molar-refractivity contribution in [2.75, 3.05) is 6.54 Å². The van der Waals surface area contributed by atoms with Gasteiger partial charge in [0.2, 0.25) is 11.8 Å². The Balaban J connectivity index is 1.72. The molecule has 318 valence electrons. The first-order chi connectivity index (χ1) is 26.9. The molecule has 2 heterocycles. The van der Waals surface area contributed by atoms with E-state index in [1.165, 1.54) is 4.57 Å². The van der Waals surface area contributed by atoms with Crippen molar-refractivity contribution < 1.29 is 58.2 Å². The molecule has 2 aromatic carbocycles. The van der Waals surface area contributed by atoms with Crippen LogP contribution in [0.5, 0.6) is 0 Å². The molecule has 1 aliphatic rings. The van der Waals surface area contributed by atoms with E-state index in [4.69, 9.17) is 18.9 Å². The number of nitrogens with zero attached hydrogens (tertiary/aromatic N) is 1. The number of nitrogens with one attached hydrogen (secondary N) is 4. The van der Waals surface area contributed by atoms with E-state index in [0.29, 0.717) is 16.6 Å². The van der Waals surface area contributed by atoms with Crippen LogP contribution in [0.15, 0.2) is 60.7 Å². The molecule has 1 fully saturated rings. The standard InChI is InChI=1S/C41H57N5O12/c1-39(2,3)56-36(52)43-22-28-30(47)31(48)32(49)33(55-28)29(45-37(53)57-40(4,5)6)35(51)44-26(34(50)42-21-23-15-11-10-12-16-23)20-25-19-24-17-13-14-18-27(24)46(25)38(54)58-41(7,8)9/h10-19,26,28-33,47-49H,20-22H2,1-9H3,(H,42,50)(H,43,52)(H,44,51)(H,45,53)/t26-,28?,29+,30-,31-,32-,33-/m0/s1. The normalized spacial score (nSPS) is 20.9. The molecule has 58 heavy (non-hydrogen) atoms. The molecule has 0 bridgehead atoms. The van der Waals surface area contributed by atoms with Crippen LogP contribution in [0, 0.1) is 0 Å². The number of alkyl carbamates (subject to hydrolysis) is 2. The number of hydrogen-bond acceptors (Lipinski definition) is 12. The Morgan fingerprint density at radius 3 is 1.91 bits per heavy atom. The van der Waals surface area contributed by atoms with Crippen LogP contribution in [0.3, 0.4) is 0 Å². The van der Waals surface area contributed by atoms with Crippen LogP contribution in [0.25, 0.3) is 10.9 Å². The predicted octanol–water partition coefficient (Wildman–Crippen LogP) is 3.04. The van der Waals surface area contributed by atoms with Crippen LogP contribution in [0.2, 0.25) is 0 Å². The highest BCUT2D eigenvalue weighted by Gasteiger charge is 2.50. The molecular formula is C41H57N5O12. The maximum absolute atomic E-state index is 14.5. The van der Waals surface area contributed by atoms with Gasteiger partial charge in [-0.25, -0.2) is 19.0 Å². The Morgan fingerprint density at radius 2 is 1.29 bits per heavy atom. The van der Waals surface area contributed by atoms with E-state index in [0.717, 1.165) is 5.56 Å². The Kier molecular flexibility index (Phi) is 14.6. The summed E-state index contributed by atoms with van der Waals surface area (Å²) in [6.07, 6.45) is -11.8. The van der Waals surface area contributed by atoms with E-state index in [-0.39, 0.29) is 13.0 Å². The maximum Gasteiger partial charge on any atom is 0.419 e. The lowest BCUT2D eigenvalue weighted by Crippen LogP contribution is -2.68. The van der Waals surface area contributed by atoms with Gasteiger partial charge >= 0.3 is 18.3 Å². The third kappa shape index (κ3) is 12.9. The molecule has 1 saturated heterocycles. The number of rotatable bonds is 11. The molecule has 1 aliphatic heterocycles. The van der Waals surface area contributed by atoms with Crippen molar-refractivity contribution in [1.29, 1.82) is 0 Å². The van der Waals surface area contributed by atoms with Gasteiger partial charge in [-0.2, -0.15) is 0 Å². The van der Waals surface area contributed by atoms with Gasteiger partial charge in [-0.05, 0) is 80.0 Å². The summed E-state index contributed by atoms with van der Waals surface area (Å²) < 4.78 is 23.6. The first-order valence-electron chi connectivity index (χ1n) is 19.0. The highest BCUT2D eigenvalue weighted by atomic mass is 16.6. The Morgan fingerprint density at radius 1 is 0.707 bits per heavy atom. The van der Waals surface area contributed by atoms with Gasteiger partial charge in [-0.15, -0.1) is 0 Å². The number of carbonyl (C=O) groups is 5. The van der Waals surface area contributed by atoms with E-state index in [1.54, 1.807) is 117 Å². The lowest BCUT2D eigenvalue weighted by Gasteiger charge is -2.43. The fourth-order valence-corrected chi connectivity index (χ4v) is 6.13. The van der Waals surface area contributed by atoms with Gasteiger partial charge in [-0.3, -0.25) is 9.59 Å². The van der Waals surface area contributed by atoms with Crippen LogP contribution >= 0.6 is 0 Å². The molecule has 7 atom stereocenters. The fourth-order valence-electron chi connectivity index (χ4n) is 6.13. The van der Waals surface area contributed by atoms with Gasteiger partial charge in [0.05, 0.1) is 5.52 Å². The zero-order valence-electron chi connectivity index (χ0n) is 34.4. The lowest BCUT2D eigenvalue weighted by molar-refractivity contribution is -0.226. The van der Waals surface area contributed by atoms with Crippen molar-refractivity contribution >= 4 is 41.0 Å². The van der Waals surface area contributed by atoms with Gasteiger partial charge in [0.25, 0.3) is 0 Å². The van der Waals surface area contributed by atoms with Crippen LogP contribution in [-0.2, 0) is 41.5 Å². The summed E-state index contributed by atoms with van der Waals surface area (Å²) >= 11 is 0. The third-order valence-electron chi connectivity index (χ3n) is 8.60. The average Bonchev–Trinajstić information content (AvgIpc) is 3.48.